The van der Waals surface area contributed by atoms with E-state index in [-0.39, 0.29) is 19.4 Å². The number of hydrogen-bond donors (Lipinski definition) is 3. The first-order valence-corrected chi connectivity index (χ1v) is 19.7. The van der Waals surface area contributed by atoms with Gasteiger partial charge < -0.3 is 35.2 Å². The van der Waals surface area contributed by atoms with E-state index in [2.05, 4.69) is 15.7 Å². The van der Waals surface area contributed by atoms with Crippen LogP contribution < -0.4 is 26.0 Å². The molecule has 3 aliphatic rings. The maximum atomic E-state index is 14.8. The number of carboxylic acid groups (broad SMARTS) is 1. The number of carboxylic acids is 1. The number of nitrogens with one attached hydrogen (secondary N) is 2. The molecule has 1 aliphatic carbocycles. The van der Waals surface area contributed by atoms with Crippen LogP contribution in [0.2, 0.25) is 0 Å². The van der Waals surface area contributed by atoms with Crippen LogP contribution >= 0.6 is 0 Å². The maximum absolute atomic E-state index is 14.8. The first kappa shape index (κ1) is 41.0. The molecule has 14 nitrogen and oxygen atoms in total. The van der Waals surface area contributed by atoms with Crippen LogP contribution in [0.5, 0.6) is 0 Å². The molecule has 0 radical (unpaired) electrons. The third kappa shape index (κ3) is 9.00. The summed E-state index contributed by atoms with van der Waals surface area (Å²) in [5.41, 5.74) is 1.73. The molecule has 2 aromatic carbocycles. The second kappa shape index (κ2) is 16.4. The normalized spacial score (nSPS) is 23.9. The summed E-state index contributed by atoms with van der Waals surface area (Å²) in [6.07, 6.45) is 8.12. The number of amides is 3. The molecule has 3 heterocycles. The number of benzene rings is 2. The molecule has 1 saturated heterocycles. The van der Waals surface area contributed by atoms with Crippen LogP contribution in [0.4, 0.5) is 16.2 Å². The number of ether oxygens (including phenoxy) is 1. The molecule has 6 rings (SSSR count). The van der Waals surface area contributed by atoms with Crippen LogP contribution in [0, 0.1) is 5.92 Å². The number of aliphatic carboxylic acids is 1. The third-order valence-corrected chi connectivity index (χ3v) is 11.0. The monoisotopic (exact) mass is 781 g/mol. The molecule has 0 bridgehead atoms. The van der Waals surface area contributed by atoms with Gasteiger partial charge in [0, 0.05) is 64.0 Å². The second-order valence-electron chi connectivity index (χ2n) is 16.8. The van der Waals surface area contributed by atoms with Gasteiger partial charge in [-0.15, -0.1) is 0 Å². The molecule has 0 unspecified atom stereocenters. The lowest BCUT2D eigenvalue weighted by molar-refractivity contribution is -0.145. The largest absolute Gasteiger partial charge is 0.479 e. The molecule has 14 heteroatoms. The summed E-state index contributed by atoms with van der Waals surface area (Å²) in [5, 5.41) is 20.5. The Labute approximate surface area is 333 Å². The van der Waals surface area contributed by atoms with Gasteiger partial charge in [0.15, 0.2) is 0 Å². The number of allylic oxidation sites excluding steroid dienone is 1. The Morgan fingerprint density at radius 2 is 1.56 bits per heavy atom. The van der Waals surface area contributed by atoms with Crippen molar-refractivity contribution in [1.29, 1.82) is 0 Å². The first-order valence-electron chi connectivity index (χ1n) is 19.7. The smallest absolute Gasteiger partial charge is 0.408 e. The van der Waals surface area contributed by atoms with Crippen LogP contribution in [0.3, 0.4) is 0 Å². The SMILES string of the molecule is CN(C)c1ccc(-c2cnn([C@@H]3C[C@H]4C(=O)N[C@]5(C(=O)O)C[C@H]5C=CCCCCC[C@H](NC(=O)OC(C)(C)C)C(=O)N4C3)c(=O)c2-c2ccc(N(C)C)cc2)cc1. The Morgan fingerprint density at radius 3 is 2.16 bits per heavy atom. The fourth-order valence-electron chi connectivity index (χ4n) is 7.79. The van der Waals surface area contributed by atoms with E-state index in [4.69, 9.17) is 4.74 Å². The summed E-state index contributed by atoms with van der Waals surface area (Å²) < 4.78 is 6.86. The van der Waals surface area contributed by atoms with E-state index in [1.54, 1.807) is 27.0 Å². The number of carbonyl (C=O) groups is 4. The highest BCUT2D eigenvalue weighted by Crippen LogP contribution is 2.45. The van der Waals surface area contributed by atoms with E-state index >= 15 is 0 Å². The third-order valence-electron chi connectivity index (χ3n) is 11.0. The number of alkyl carbamates (subject to hydrolysis) is 1. The lowest BCUT2D eigenvalue weighted by atomic mass is 9.96. The number of carbonyl (C=O) groups excluding carboxylic acids is 3. The lowest BCUT2D eigenvalue weighted by Crippen LogP contribution is -2.56. The van der Waals surface area contributed by atoms with E-state index in [0.29, 0.717) is 29.5 Å². The van der Waals surface area contributed by atoms with Gasteiger partial charge in [-0.1, -0.05) is 49.3 Å². The Morgan fingerprint density at radius 1 is 0.930 bits per heavy atom. The van der Waals surface area contributed by atoms with E-state index in [1.165, 1.54) is 9.58 Å². The molecule has 5 atom stereocenters. The molecule has 57 heavy (non-hydrogen) atoms. The van der Waals surface area contributed by atoms with Crippen molar-refractivity contribution < 1.29 is 29.0 Å². The van der Waals surface area contributed by atoms with Gasteiger partial charge in [0.2, 0.25) is 11.8 Å². The number of nitrogens with zero attached hydrogens (tertiary/aromatic N) is 5. The van der Waals surface area contributed by atoms with Gasteiger partial charge in [-0.05, 0) is 81.8 Å². The summed E-state index contributed by atoms with van der Waals surface area (Å²) in [7, 11) is 7.78. The topological polar surface area (TPSA) is 166 Å². The zero-order valence-electron chi connectivity index (χ0n) is 33.9. The molecule has 3 amide bonds. The number of fused-ring (bicyclic) bond motifs is 2. The van der Waals surface area contributed by atoms with Gasteiger partial charge in [-0.3, -0.25) is 14.4 Å². The van der Waals surface area contributed by atoms with Crippen LogP contribution in [0.25, 0.3) is 22.3 Å². The predicted molar refractivity (Wildman–Crippen MR) is 219 cm³/mol. The molecule has 1 aromatic heterocycles. The number of hydrogen-bond acceptors (Lipinski definition) is 9. The minimum atomic E-state index is -1.50. The average molecular weight is 782 g/mol. The van der Waals surface area contributed by atoms with Crippen LogP contribution in [-0.4, -0.2) is 102 Å². The van der Waals surface area contributed by atoms with Gasteiger partial charge in [0.25, 0.3) is 5.56 Å². The Hall–Kier alpha value is -5.66. The molecule has 3 aromatic rings. The minimum absolute atomic E-state index is 0.00424. The Kier molecular flexibility index (Phi) is 11.8. The summed E-state index contributed by atoms with van der Waals surface area (Å²) in [4.78, 5) is 74.7. The summed E-state index contributed by atoms with van der Waals surface area (Å²) >= 11 is 0. The molecule has 0 spiro atoms. The van der Waals surface area contributed by atoms with Crippen molar-refractivity contribution in [3.63, 3.8) is 0 Å². The van der Waals surface area contributed by atoms with Crippen molar-refractivity contribution in [2.45, 2.75) is 95.0 Å². The molecular formula is C43H55N7O7. The van der Waals surface area contributed by atoms with Crippen molar-refractivity contribution in [3.8, 4) is 22.3 Å². The Balaban J connectivity index is 1.42. The van der Waals surface area contributed by atoms with Crippen molar-refractivity contribution in [1.82, 2.24) is 25.3 Å². The Bertz CT molecular complexity index is 2070. The average Bonchev–Trinajstić information content (AvgIpc) is 3.67. The van der Waals surface area contributed by atoms with Crippen molar-refractivity contribution in [3.05, 3.63) is 77.2 Å². The second-order valence-corrected chi connectivity index (χ2v) is 16.8. The maximum Gasteiger partial charge on any atom is 0.408 e. The minimum Gasteiger partial charge on any atom is -0.479 e. The zero-order chi connectivity index (χ0) is 41.2. The van der Waals surface area contributed by atoms with E-state index in [0.717, 1.165) is 36.2 Å². The van der Waals surface area contributed by atoms with Gasteiger partial charge in [0.1, 0.15) is 23.2 Å². The van der Waals surface area contributed by atoms with Gasteiger partial charge >= 0.3 is 12.1 Å². The zero-order valence-corrected chi connectivity index (χ0v) is 33.9. The van der Waals surface area contributed by atoms with Gasteiger partial charge in [0.05, 0.1) is 17.8 Å². The quantitative estimate of drug-likeness (QED) is 0.271. The van der Waals surface area contributed by atoms with E-state index in [9.17, 15) is 29.1 Å². The molecule has 1 saturated carbocycles. The molecule has 2 aliphatic heterocycles. The van der Waals surface area contributed by atoms with E-state index in [1.807, 2.05) is 98.7 Å². The highest BCUT2D eigenvalue weighted by atomic mass is 16.6. The van der Waals surface area contributed by atoms with Crippen molar-refractivity contribution >= 4 is 35.3 Å². The summed E-state index contributed by atoms with van der Waals surface area (Å²) in [6, 6.07) is 12.6. The first-order chi connectivity index (χ1) is 27.0. The summed E-state index contributed by atoms with van der Waals surface area (Å²) in [6.45, 7) is 5.11. The number of aromatic nitrogens is 2. The van der Waals surface area contributed by atoms with Crippen molar-refractivity contribution in [2.24, 2.45) is 5.92 Å². The molecule has 2 fully saturated rings. The lowest BCUT2D eigenvalue weighted by Gasteiger charge is -2.30. The standard InChI is InChI=1S/C43H55N7O7/c1-42(2,3)57-41(56)45-34-14-12-10-8-9-11-13-29-24-43(29,40(54)55)46-37(51)35-23-32(26-49(35)38(34)52)50-39(53)36(28-17-21-31(22-18-28)48(6)7)33(25-44-50)27-15-19-30(20-16-27)47(4)5/h11,13,15-22,25,29,32,34-35H,8-10,12,14,23-24,26H2,1-7H3,(H,45,56)(H,46,51)(H,54,55)/t29-,32-,34+,35+,43-/m1/s1. The van der Waals surface area contributed by atoms with Crippen LogP contribution in [0.15, 0.2) is 71.7 Å². The fourth-order valence-corrected chi connectivity index (χ4v) is 7.79. The summed E-state index contributed by atoms with van der Waals surface area (Å²) in [5.74, 6) is -2.70. The fraction of sp³-hybridized carbons (Fsp3) is 0.488. The number of rotatable bonds is 7. The van der Waals surface area contributed by atoms with Gasteiger partial charge in [-0.2, -0.15) is 5.10 Å². The van der Waals surface area contributed by atoms with Crippen molar-refractivity contribution in [2.75, 3.05) is 44.5 Å². The molecule has 3 N–H and O–H groups in total. The van der Waals surface area contributed by atoms with Crippen LogP contribution in [0.1, 0.15) is 71.8 Å². The number of anilines is 2. The molecule has 304 valence electrons. The molecular weight excluding hydrogens is 727 g/mol. The van der Waals surface area contributed by atoms with Crippen LogP contribution in [-0.2, 0) is 19.1 Å². The highest BCUT2D eigenvalue weighted by Gasteiger charge is 2.61. The highest BCUT2D eigenvalue weighted by molar-refractivity contribution is 5.96. The van der Waals surface area contributed by atoms with E-state index < -0.39 is 64.6 Å². The van der Waals surface area contributed by atoms with Gasteiger partial charge in [-0.25, -0.2) is 14.3 Å². The predicted octanol–water partition coefficient (Wildman–Crippen LogP) is 5.22.